The Hall–Kier alpha value is -3.63. The fourth-order valence-corrected chi connectivity index (χ4v) is 6.14. The number of halogens is 3. The molecule has 5 rings (SSSR count). The average Bonchev–Trinajstić information content (AvgIpc) is 3.46. The predicted molar refractivity (Wildman–Crippen MR) is 160 cm³/mol. The van der Waals surface area contributed by atoms with Crippen molar-refractivity contribution in [2.45, 2.75) is 61.9 Å². The van der Waals surface area contributed by atoms with Gasteiger partial charge in [0.15, 0.2) is 22.3 Å². The smallest absolute Gasteiger partial charge is 0.355 e. The molecule has 0 bridgehead atoms. The van der Waals surface area contributed by atoms with Crippen molar-refractivity contribution < 1.29 is 27.6 Å². The Labute approximate surface area is 254 Å². The van der Waals surface area contributed by atoms with Gasteiger partial charge < -0.3 is 15.0 Å². The van der Waals surface area contributed by atoms with Crippen LogP contribution in [0.1, 0.15) is 72.1 Å². The molecule has 43 heavy (non-hydrogen) atoms. The van der Waals surface area contributed by atoms with Gasteiger partial charge in [0.25, 0.3) is 0 Å². The van der Waals surface area contributed by atoms with Crippen LogP contribution in [0.15, 0.2) is 57.9 Å². The van der Waals surface area contributed by atoms with Gasteiger partial charge in [-0.1, -0.05) is 17.9 Å². The Morgan fingerprint density at radius 3 is 2.58 bits per heavy atom. The first-order valence-electron chi connectivity index (χ1n) is 13.7. The molecule has 0 aliphatic heterocycles. The normalized spacial score (nSPS) is 17.0. The molecule has 0 spiro atoms. The van der Waals surface area contributed by atoms with Crippen LogP contribution in [0.4, 0.5) is 18.3 Å². The fraction of sp³-hybridized carbons (Fsp3) is 0.323. The Morgan fingerprint density at radius 2 is 1.95 bits per heavy atom. The monoisotopic (exact) mass is 626 g/mol. The predicted octanol–water partition coefficient (Wildman–Crippen LogP) is 6.51. The molecule has 12 heteroatoms. The minimum absolute atomic E-state index is 0.00364. The summed E-state index contributed by atoms with van der Waals surface area (Å²) in [5.41, 5.74) is 0.0127. The standard InChI is InChI=1S/C31H29F3N4O3S2/c32-23-7-6-21(16-20(23)9-12-31(34)10-1-2-11-31)28(35)22(13-19-5-8-27(43(36)41)24(33)14-19)25(15-18-3-4-18)37-30-38-26(17-42-30)29(39)40/h5-8,14,16-18,35H,1-4,10-11,13,15,36H2,(H,37,38)(H,39,40)/b25-22-,35-28?. The summed E-state index contributed by atoms with van der Waals surface area (Å²) in [7, 11) is 0. The summed E-state index contributed by atoms with van der Waals surface area (Å²) in [6, 6.07) is 8.14. The number of aromatic nitrogens is 1. The van der Waals surface area contributed by atoms with Crippen LogP contribution >= 0.6 is 11.3 Å². The van der Waals surface area contributed by atoms with E-state index in [0.717, 1.165) is 37.0 Å². The number of hydrogen-bond donors (Lipinski definition) is 4. The summed E-state index contributed by atoms with van der Waals surface area (Å²) in [5.74, 6) is 3.00. The van der Waals surface area contributed by atoms with Crippen LogP contribution < -0.4 is 10.5 Å². The Balaban J connectivity index is 1.56. The highest BCUT2D eigenvalue weighted by Gasteiger charge is 2.31. The number of carboxylic acids is 1. The number of anilines is 1. The number of nitrogens with zero attached hydrogens (tertiary/aromatic N) is 1. The van der Waals surface area contributed by atoms with E-state index in [-0.39, 0.29) is 28.3 Å². The Morgan fingerprint density at radius 1 is 1.21 bits per heavy atom. The molecule has 2 aliphatic carbocycles. The molecular formula is C31H29F3N4O3S2. The zero-order valence-corrected chi connectivity index (χ0v) is 24.6. The summed E-state index contributed by atoms with van der Waals surface area (Å²) in [6.45, 7) is 0. The molecule has 1 unspecified atom stereocenters. The van der Waals surface area contributed by atoms with Gasteiger partial charge in [0, 0.05) is 28.6 Å². The van der Waals surface area contributed by atoms with Gasteiger partial charge in [-0.2, -0.15) is 0 Å². The maximum absolute atomic E-state index is 14.9. The lowest BCUT2D eigenvalue weighted by Gasteiger charge is -2.19. The third-order valence-electron chi connectivity index (χ3n) is 7.50. The van der Waals surface area contributed by atoms with Crippen molar-refractivity contribution in [3.8, 4) is 11.8 Å². The number of rotatable bonds is 10. The molecule has 1 atom stereocenters. The minimum atomic E-state index is -2.02. The molecule has 2 saturated carbocycles. The molecule has 1 heterocycles. The van der Waals surface area contributed by atoms with Crippen molar-refractivity contribution in [2.75, 3.05) is 5.32 Å². The van der Waals surface area contributed by atoms with E-state index in [1.807, 2.05) is 0 Å². The van der Waals surface area contributed by atoms with Gasteiger partial charge in [-0.3, -0.25) is 5.41 Å². The van der Waals surface area contributed by atoms with Gasteiger partial charge in [0.1, 0.15) is 5.82 Å². The molecular weight excluding hydrogens is 597 g/mol. The van der Waals surface area contributed by atoms with Crippen LogP contribution in [0.5, 0.6) is 0 Å². The molecule has 2 aromatic carbocycles. The van der Waals surface area contributed by atoms with Crippen molar-refractivity contribution in [2.24, 2.45) is 11.1 Å². The fourth-order valence-electron chi connectivity index (χ4n) is 4.98. The van der Waals surface area contributed by atoms with E-state index in [9.17, 15) is 33.0 Å². The second kappa shape index (κ2) is 12.9. The topological polar surface area (TPSA) is 135 Å². The SMILES string of the molecule is N=C(/C(Cc1ccc([S+](N)[O-])c(F)c1)=C(/CC1CC1)Nc1nc(C(=O)O)cs1)c1ccc(F)c(C#CC2(F)CCCC2)c1. The van der Waals surface area contributed by atoms with Crippen LogP contribution in [0.2, 0.25) is 0 Å². The number of allylic oxidation sites excluding steroid dienone is 2. The Kier molecular flexibility index (Phi) is 9.27. The molecule has 7 nitrogen and oxygen atoms in total. The minimum Gasteiger partial charge on any atom is -0.593 e. The summed E-state index contributed by atoms with van der Waals surface area (Å²) < 4.78 is 56.1. The van der Waals surface area contributed by atoms with Crippen molar-refractivity contribution in [1.29, 1.82) is 5.41 Å². The third-order valence-corrected chi connectivity index (χ3v) is 9.03. The molecule has 2 fully saturated rings. The van der Waals surface area contributed by atoms with Crippen molar-refractivity contribution in [3.05, 3.63) is 87.1 Å². The van der Waals surface area contributed by atoms with Gasteiger partial charge >= 0.3 is 5.97 Å². The van der Waals surface area contributed by atoms with Crippen LogP contribution in [0, 0.1) is 34.8 Å². The highest BCUT2D eigenvalue weighted by molar-refractivity contribution is 7.89. The van der Waals surface area contributed by atoms with Crippen molar-refractivity contribution in [1.82, 2.24) is 4.98 Å². The molecule has 2 aliphatic rings. The van der Waals surface area contributed by atoms with Gasteiger partial charge in [-0.15, -0.1) is 16.5 Å². The second-order valence-corrected chi connectivity index (χ2v) is 12.7. The number of alkyl halides is 1. The number of nitrogens with one attached hydrogen (secondary N) is 2. The Bertz CT molecular complexity index is 1650. The van der Waals surface area contributed by atoms with Crippen molar-refractivity contribution in [3.63, 3.8) is 0 Å². The van der Waals surface area contributed by atoms with E-state index in [4.69, 9.17) is 5.14 Å². The largest absolute Gasteiger partial charge is 0.593 e. The first kappa shape index (κ1) is 30.8. The van der Waals surface area contributed by atoms with Gasteiger partial charge in [-0.05, 0) is 86.8 Å². The number of thiazole rings is 1. The van der Waals surface area contributed by atoms with Crippen LogP contribution in [-0.4, -0.2) is 32.0 Å². The number of benzene rings is 2. The van der Waals surface area contributed by atoms with Gasteiger partial charge in [-0.25, -0.2) is 22.9 Å². The maximum Gasteiger partial charge on any atom is 0.355 e. The lowest BCUT2D eigenvalue weighted by molar-refractivity contribution is 0.0691. The number of nitrogens with two attached hydrogens (primary N) is 1. The van der Waals surface area contributed by atoms with Gasteiger partial charge in [0.05, 0.1) is 22.6 Å². The van der Waals surface area contributed by atoms with E-state index in [0.29, 0.717) is 52.7 Å². The summed E-state index contributed by atoms with van der Waals surface area (Å²) >= 11 is -0.923. The second-order valence-electron chi connectivity index (χ2n) is 10.8. The number of aromatic carboxylic acids is 1. The lowest BCUT2D eigenvalue weighted by atomic mass is 9.92. The summed E-state index contributed by atoms with van der Waals surface area (Å²) in [6.07, 6.45) is 4.56. The zero-order chi connectivity index (χ0) is 30.7. The van der Waals surface area contributed by atoms with E-state index in [1.165, 1.54) is 35.7 Å². The molecule has 0 amide bonds. The molecule has 0 saturated heterocycles. The van der Waals surface area contributed by atoms with Crippen LogP contribution in [-0.2, 0) is 17.8 Å². The maximum atomic E-state index is 14.9. The number of carboxylic acid groups (broad SMARTS) is 1. The first-order valence-corrected chi connectivity index (χ1v) is 15.8. The van der Waals surface area contributed by atoms with E-state index in [2.05, 4.69) is 22.1 Å². The third kappa shape index (κ3) is 7.67. The highest BCUT2D eigenvalue weighted by Crippen LogP contribution is 2.38. The quantitative estimate of drug-likeness (QED) is 0.115. The van der Waals surface area contributed by atoms with Crippen LogP contribution in [0.25, 0.3) is 0 Å². The van der Waals surface area contributed by atoms with Crippen molar-refractivity contribution >= 4 is 39.5 Å². The van der Waals surface area contributed by atoms with E-state index >= 15 is 0 Å². The average molecular weight is 627 g/mol. The molecule has 0 radical (unpaired) electrons. The number of carbonyl (C=O) groups is 1. The first-order chi connectivity index (χ1) is 20.5. The van der Waals surface area contributed by atoms with Gasteiger partial charge in [0.2, 0.25) is 4.90 Å². The molecule has 224 valence electrons. The summed E-state index contributed by atoms with van der Waals surface area (Å²) in [5, 5.41) is 28.8. The van der Waals surface area contributed by atoms with E-state index in [1.54, 1.807) is 6.07 Å². The highest BCUT2D eigenvalue weighted by atomic mass is 32.2. The van der Waals surface area contributed by atoms with E-state index < -0.39 is 34.6 Å². The van der Waals surface area contributed by atoms with Crippen LogP contribution in [0.3, 0.4) is 0 Å². The molecule has 1 aromatic heterocycles. The zero-order valence-electron chi connectivity index (χ0n) is 23.0. The lowest BCUT2D eigenvalue weighted by Crippen LogP contribution is -2.17. The number of hydrogen-bond acceptors (Lipinski definition) is 7. The molecule has 5 N–H and O–H groups in total. The summed E-state index contributed by atoms with van der Waals surface area (Å²) in [4.78, 5) is 15.4. The molecule has 3 aromatic rings.